The smallest absolute Gasteiger partial charge is 0.330 e. The summed E-state index contributed by atoms with van der Waals surface area (Å²) >= 11 is 0. The molecule has 0 aliphatic carbocycles. The number of rotatable bonds is 5. The average Bonchev–Trinajstić information content (AvgIpc) is 3.13. The van der Waals surface area contributed by atoms with Crippen molar-refractivity contribution in [3.63, 3.8) is 0 Å². The number of nitrogens with zero attached hydrogens (tertiary/aromatic N) is 1. The fourth-order valence-electron chi connectivity index (χ4n) is 3.56. The van der Waals surface area contributed by atoms with Gasteiger partial charge in [0.2, 0.25) is 11.8 Å². The van der Waals surface area contributed by atoms with Gasteiger partial charge in [-0.2, -0.15) is 0 Å². The zero-order valence-corrected chi connectivity index (χ0v) is 15.5. The molecule has 0 aromatic heterocycles. The van der Waals surface area contributed by atoms with E-state index in [0.717, 1.165) is 0 Å². The second kappa shape index (κ2) is 7.83. The molecule has 8 nitrogen and oxygen atoms in total. The highest BCUT2D eigenvalue weighted by molar-refractivity contribution is 6.10. The lowest BCUT2D eigenvalue weighted by molar-refractivity contribution is -0.143. The Morgan fingerprint density at radius 1 is 1.07 bits per heavy atom. The molecule has 1 unspecified atom stereocenters. The van der Waals surface area contributed by atoms with Crippen LogP contribution >= 0.6 is 0 Å². The third-order valence-electron chi connectivity index (χ3n) is 5.03. The van der Waals surface area contributed by atoms with Crippen molar-refractivity contribution in [2.24, 2.45) is 5.92 Å². The lowest BCUT2D eigenvalue weighted by Gasteiger charge is -2.22. The topological polar surface area (TPSA) is 105 Å². The summed E-state index contributed by atoms with van der Waals surface area (Å²) in [5, 5.41) is 12.0. The van der Waals surface area contributed by atoms with Crippen LogP contribution in [-0.2, 0) is 14.4 Å². The molecule has 2 heterocycles. The van der Waals surface area contributed by atoms with Crippen molar-refractivity contribution >= 4 is 23.5 Å². The summed E-state index contributed by atoms with van der Waals surface area (Å²) in [6, 6.07) is 12.4. The van der Waals surface area contributed by atoms with Crippen molar-refractivity contribution in [1.29, 1.82) is 0 Å². The number of benzene rings is 2. The number of aliphatic carboxylic acids is 1. The molecule has 2 aliphatic heterocycles. The Labute approximate surface area is 167 Å². The molecule has 2 N–H and O–H groups in total. The fourth-order valence-corrected chi connectivity index (χ4v) is 3.56. The number of amides is 2. The maximum atomic E-state index is 12.8. The Bertz CT molecular complexity index is 945. The summed E-state index contributed by atoms with van der Waals surface area (Å²) in [5.41, 5.74) is 1.06. The molecule has 2 atom stereocenters. The van der Waals surface area contributed by atoms with E-state index in [4.69, 9.17) is 9.47 Å². The van der Waals surface area contributed by atoms with Gasteiger partial charge < -0.3 is 24.8 Å². The Kier molecular flexibility index (Phi) is 5.07. The number of ether oxygens (including phenoxy) is 2. The highest BCUT2D eigenvalue weighted by Gasteiger charge is 2.39. The van der Waals surface area contributed by atoms with E-state index >= 15 is 0 Å². The van der Waals surface area contributed by atoms with Gasteiger partial charge in [-0.1, -0.05) is 30.3 Å². The van der Waals surface area contributed by atoms with Crippen molar-refractivity contribution in [2.75, 3.05) is 24.7 Å². The predicted molar refractivity (Wildman–Crippen MR) is 103 cm³/mol. The first-order chi connectivity index (χ1) is 14.0. The fraction of sp³-hybridized carbons (Fsp3) is 0.286. The number of carboxylic acid groups (broad SMARTS) is 1. The van der Waals surface area contributed by atoms with Crippen LogP contribution in [0.25, 0.3) is 0 Å². The second-order valence-electron chi connectivity index (χ2n) is 6.85. The number of carbonyl (C=O) groups is 3. The molecule has 1 saturated heterocycles. The van der Waals surface area contributed by atoms with Crippen LogP contribution < -0.4 is 19.7 Å². The minimum Gasteiger partial charge on any atom is -0.486 e. The lowest BCUT2D eigenvalue weighted by Crippen LogP contribution is -2.41. The highest BCUT2D eigenvalue weighted by atomic mass is 16.6. The zero-order valence-electron chi connectivity index (χ0n) is 15.5. The number of hydrogen-bond acceptors (Lipinski definition) is 5. The maximum absolute atomic E-state index is 12.8. The van der Waals surface area contributed by atoms with E-state index in [2.05, 4.69) is 5.32 Å². The first-order valence-electron chi connectivity index (χ1n) is 9.34. The Balaban J connectivity index is 1.48. The standard InChI is InChI=1S/C21H20N2O6/c24-19(22-18(21(26)27)13-4-2-1-3-5-13)15-8-9-23(20(15)25)14-6-7-16-17(12-14)29-11-10-28-16/h1-7,12,15,18H,8-11H2,(H,22,24)(H,26,27)/t15?,18-/m0/s1. The Hall–Kier alpha value is -3.55. The molecule has 0 radical (unpaired) electrons. The quantitative estimate of drug-likeness (QED) is 0.746. The third kappa shape index (κ3) is 3.73. The number of nitrogens with one attached hydrogen (secondary N) is 1. The minimum absolute atomic E-state index is 0.306. The van der Waals surface area contributed by atoms with E-state index in [0.29, 0.717) is 48.9 Å². The maximum Gasteiger partial charge on any atom is 0.330 e. The van der Waals surface area contributed by atoms with Crippen molar-refractivity contribution in [2.45, 2.75) is 12.5 Å². The number of carboxylic acids is 1. The molecule has 2 aromatic rings. The van der Waals surface area contributed by atoms with Gasteiger partial charge in [-0.05, 0) is 24.1 Å². The Morgan fingerprint density at radius 2 is 1.79 bits per heavy atom. The molecular formula is C21H20N2O6. The molecule has 2 amide bonds. The van der Waals surface area contributed by atoms with Crippen LogP contribution in [0.5, 0.6) is 11.5 Å². The summed E-state index contributed by atoms with van der Waals surface area (Å²) in [7, 11) is 0. The van der Waals surface area contributed by atoms with Crippen molar-refractivity contribution in [3.05, 3.63) is 54.1 Å². The first-order valence-corrected chi connectivity index (χ1v) is 9.34. The molecule has 1 fully saturated rings. The van der Waals surface area contributed by atoms with E-state index in [9.17, 15) is 19.5 Å². The van der Waals surface area contributed by atoms with Crippen LogP contribution in [-0.4, -0.2) is 42.6 Å². The third-order valence-corrected chi connectivity index (χ3v) is 5.03. The van der Waals surface area contributed by atoms with Gasteiger partial charge in [0.25, 0.3) is 0 Å². The minimum atomic E-state index is -1.21. The number of fused-ring (bicyclic) bond motifs is 1. The van der Waals surface area contributed by atoms with E-state index in [1.54, 1.807) is 48.5 Å². The van der Waals surface area contributed by atoms with Crippen LogP contribution in [0.4, 0.5) is 5.69 Å². The van der Waals surface area contributed by atoms with Crippen molar-refractivity contribution in [3.8, 4) is 11.5 Å². The van der Waals surface area contributed by atoms with Crippen LogP contribution in [0.2, 0.25) is 0 Å². The number of anilines is 1. The van der Waals surface area contributed by atoms with Crippen LogP contribution in [0.3, 0.4) is 0 Å². The molecule has 0 bridgehead atoms. The SMILES string of the molecule is O=C(N[C@H](C(=O)O)c1ccccc1)C1CCN(c2ccc3c(c2)OCCO3)C1=O. The number of carbonyl (C=O) groups excluding carboxylic acids is 2. The second-order valence-corrected chi connectivity index (χ2v) is 6.85. The summed E-state index contributed by atoms with van der Waals surface area (Å²) in [5.74, 6) is -1.90. The van der Waals surface area contributed by atoms with Gasteiger partial charge in [0.1, 0.15) is 19.1 Å². The molecule has 0 spiro atoms. The molecular weight excluding hydrogens is 376 g/mol. The average molecular weight is 396 g/mol. The van der Waals surface area contributed by atoms with E-state index in [1.807, 2.05) is 0 Å². The van der Waals surface area contributed by atoms with Gasteiger partial charge in [-0.3, -0.25) is 9.59 Å². The van der Waals surface area contributed by atoms with Gasteiger partial charge in [-0.15, -0.1) is 0 Å². The van der Waals surface area contributed by atoms with Gasteiger partial charge >= 0.3 is 5.97 Å². The lowest BCUT2D eigenvalue weighted by atomic mass is 10.0. The molecule has 8 heteroatoms. The molecule has 0 saturated carbocycles. The largest absolute Gasteiger partial charge is 0.486 e. The zero-order chi connectivity index (χ0) is 20.4. The number of hydrogen-bond donors (Lipinski definition) is 2. The molecule has 2 aromatic carbocycles. The highest BCUT2D eigenvalue weighted by Crippen LogP contribution is 2.36. The summed E-state index contributed by atoms with van der Waals surface area (Å²) in [6.07, 6.45) is 0.306. The molecule has 29 heavy (non-hydrogen) atoms. The van der Waals surface area contributed by atoms with Crippen LogP contribution in [0.1, 0.15) is 18.0 Å². The van der Waals surface area contributed by atoms with Crippen LogP contribution in [0, 0.1) is 5.92 Å². The van der Waals surface area contributed by atoms with E-state index in [1.165, 1.54) is 4.90 Å². The molecule has 4 rings (SSSR count). The van der Waals surface area contributed by atoms with Crippen molar-refractivity contribution in [1.82, 2.24) is 5.32 Å². The van der Waals surface area contributed by atoms with Crippen LogP contribution in [0.15, 0.2) is 48.5 Å². The summed E-state index contributed by atoms with van der Waals surface area (Å²) < 4.78 is 11.0. The van der Waals surface area contributed by atoms with Gasteiger partial charge in [0.05, 0.1) is 0 Å². The van der Waals surface area contributed by atoms with Gasteiger partial charge in [0.15, 0.2) is 17.5 Å². The van der Waals surface area contributed by atoms with E-state index < -0.39 is 23.8 Å². The van der Waals surface area contributed by atoms with Gasteiger partial charge in [-0.25, -0.2) is 4.79 Å². The monoisotopic (exact) mass is 396 g/mol. The van der Waals surface area contributed by atoms with Crippen molar-refractivity contribution < 1.29 is 29.0 Å². The summed E-state index contributed by atoms with van der Waals surface area (Å²) in [6.45, 7) is 1.27. The molecule has 2 aliphatic rings. The normalized spacial score (nSPS) is 19.0. The Morgan fingerprint density at radius 3 is 2.52 bits per heavy atom. The van der Waals surface area contributed by atoms with E-state index in [-0.39, 0.29) is 5.91 Å². The molecule has 150 valence electrons. The summed E-state index contributed by atoms with van der Waals surface area (Å²) in [4.78, 5) is 38.7. The first kappa shape index (κ1) is 18.8. The predicted octanol–water partition coefficient (Wildman–Crippen LogP) is 1.75. The van der Waals surface area contributed by atoms with Gasteiger partial charge in [0, 0.05) is 18.3 Å².